The molecule has 7 rings (SSSR count). The second-order valence-electron chi connectivity index (χ2n) is 13.0. The van der Waals surface area contributed by atoms with E-state index in [0.29, 0.717) is 23.4 Å². The highest BCUT2D eigenvalue weighted by atomic mass is 35.5. The third-order valence-electron chi connectivity index (χ3n) is 9.56. The Hall–Kier alpha value is -4.95. The lowest BCUT2D eigenvalue weighted by Gasteiger charge is -2.46. The van der Waals surface area contributed by atoms with Gasteiger partial charge in [0.2, 0.25) is 0 Å². The van der Waals surface area contributed by atoms with Crippen LogP contribution in [0.2, 0.25) is 5.02 Å². The summed E-state index contributed by atoms with van der Waals surface area (Å²) in [5, 5.41) is 15.6. The molecule has 272 valence electrons. The number of piperazine rings is 1. The summed E-state index contributed by atoms with van der Waals surface area (Å²) < 4.78 is 28.7. The van der Waals surface area contributed by atoms with Gasteiger partial charge < -0.3 is 10.2 Å². The van der Waals surface area contributed by atoms with Crippen molar-refractivity contribution in [3.63, 3.8) is 0 Å². The molecule has 1 aromatic heterocycles. The molecule has 0 saturated carbocycles. The van der Waals surface area contributed by atoms with E-state index in [1.54, 1.807) is 23.9 Å². The van der Waals surface area contributed by atoms with Crippen LogP contribution in [0.25, 0.3) is 11.1 Å². The number of sulfonamides is 1. The van der Waals surface area contributed by atoms with Crippen LogP contribution in [0, 0.1) is 10.1 Å². The lowest BCUT2D eigenvalue weighted by Crippen LogP contribution is -2.54. The summed E-state index contributed by atoms with van der Waals surface area (Å²) in [6.45, 7) is 3.77. The number of carbonyl (C=O) groups is 1. The fourth-order valence-corrected chi connectivity index (χ4v) is 8.85. The van der Waals surface area contributed by atoms with Crippen LogP contribution in [0.15, 0.2) is 119 Å². The number of rotatable bonds is 12. The van der Waals surface area contributed by atoms with Crippen molar-refractivity contribution >= 4 is 56.4 Å². The minimum Gasteiger partial charge on any atom is -0.379 e. The second kappa shape index (κ2) is 16.0. The SMILES string of the molecule is O=C(NS(=O)(=O)c1ccc(NCCSc2ccccc2)c([N+](=O)[O-])c1)c1ccc2c(c1)CC[C@H]1CN(Cc3ccncc3-c3ccc(Cl)cc3)CCN21. The largest absolute Gasteiger partial charge is 0.379 e. The number of hydrogen-bond donors (Lipinski definition) is 2. The van der Waals surface area contributed by atoms with Crippen molar-refractivity contribution in [2.45, 2.75) is 35.2 Å². The predicted octanol–water partition coefficient (Wildman–Crippen LogP) is 7.27. The van der Waals surface area contributed by atoms with Gasteiger partial charge in [0.15, 0.2) is 0 Å². The molecular weight excluding hydrogens is 732 g/mol. The number of halogens is 1. The Balaban J connectivity index is 0.978. The number of anilines is 2. The average molecular weight is 769 g/mol. The summed E-state index contributed by atoms with van der Waals surface area (Å²) >= 11 is 7.71. The molecule has 1 amide bonds. The number of amides is 1. The van der Waals surface area contributed by atoms with Crippen LogP contribution in [-0.4, -0.2) is 67.1 Å². The van der Waals surface area contributed by atoms with Gasteiger partial charge in [-0.2, -0.15) is 0 Å². The third kappa shape index (κ3) is 8.49. The Morgan fingerprint density at radius 3 is 2.60 bits per heavy atom. The van der Waals surface area contributed by atoms with Gasteiger partial charge in [-0.05, 0) is 90.2 Å². The maximum Gasteiger partial charge on any atom is 0.293 e. The van der Waals surface area contributed by atoms with E-state index in [0.717, 1.165) is 72.4 Å². The van der Waals surface area contributed by atoms with Gasteiger partial charge in [-0.25, -0.2) is 13.1 Å². The molecule has 0 unspecified atom stereocenters. The van der Waals surface area contributed by atoms with Gasteiger partial charge >= 0.3 is 0 Å². The molecule has 2 N–H and O–H groups in total. The summed E-state index contributed by atoms with van der Waals surface area (Å²) in [7, 11) is -4.40. The number of fused-ring (bicyclic) bond motifs is 3. The van der Waals surface area contributed by atoms with Crippen molar-refractivity contribution < 1.29 is 18.1 Å². The molecule has 2 aliphatic rings. The van der Waals surface area contributed by atoms with E-state index in [2.05, 4.69) is 30.9 Å². The highest BCUT2D eigenvalue weighted by Gasteiger charge is 2.33. The monoisotopic (exact) mass is 768 g/mol. The highest BCUT2D eigenvalue weighted by Crippen LogP contribution is 2.35. The summed E-state index contributed by atoms with van der Waals surface area (Å²) in [6, 6.07) is 28.8. The van der Waals surface area contributed by atoms with Gasteiger partial charge in [-0.1, -0.05) is 41.9 Å². The Kier molecular flexibility index (Phi) is 11.0. The molecule has 5 aromatic rings. The molecule has 3 heterocycles. The first-order valence-corrected chi connectivity index (χ1v) is 20.1. The molecule has 1 atom stereocenters. The van der Waals surface area contributed by atoms with Gasteiger partial charge in [0.05, 0.1) is 9.82 Å². The minimum atomic E-state index is -4.40. The van der Waals surface area contributed by atoms with Gasteiger partial charge in [0.1, 0.15) is 5.69 Å². The predicted molar refractivity (Wildman–Crippen MR) is 209 cm³/mol. The van der Waals surface area contributed by atoms with E-state index in [1.807, 2.05) is 73.1 Å². The van der Waals surface area contributed by atoms with Crippen molar-refractivity contribution in [1.29, 1.82) is 0 Å². The fourth-order valence-electron chi connectivity index (χ4n) is 6.94. The highest BCUT2D eigenvalue weighted by molar-refractivity contribution is 7.99. The van der Waals surface area contributed by atoms with Crippen LogP contribution in [-0.2, 0) is 23.0 Å². The molecule has 0 radical (unpaired) electrons. The lowest BCUT2D eigenvalue weighted by atomic mass is 9.92. The zero-order valence-electron chi connectivity index (χ0n) is 28.7. The molecule has 0 aliphatic carbocycles. The number of nitrogens with one attached hydrogen (secondary N) is 2. The molecule has 0 spiro atoms. The van der Waals surface area contributed by atoms with Gasteiger partial charge in [-0.15, -0.1) is 11.8 Å². The fraction of sp³-hybridized carbons (Fsp3) is 0.231. The molecule has 0 bridgehead atoms. The van der Waals surface area contributed by atoms with Crippen LogP contribution in [0.1, 0.15) is 27.9 Å². The summed E-state index contributed by atoms with van der Waals surface area (Å²) in [5.74, 6) is -0.148. The number of nitro benzene ring substituents is 1. The van der Waals surface area contributed by atoms with E-state index in [9.17, 15) is 23.3 Å². The Morgan fingerprint density at radius 2 is 1.81 bits per heavy atom. The van der Waals surface area contributed by atoms with E-state index in [4.69, 9.17) is 11.6 Å². The quantitative estimate of drug-likeness (QED) is 0.0577. The molecule has 11 nitrogen and oxygen atoms in total. The molecule has 14 heteroatoms. The number of hydrogen-bond acceptors (Lipinski definition) is 10. The standard InChI is InChI=1S/C39H37ClN6O5S2/c40-31-10-6-27(7-11-31)35-24-41-17-16-30(35)25-44-19-20-45-32(26-44)12-8-28-22-29(9-15-37(28)45)39(47)43-53(50,51)34-13-14-36(38(23-34)46(48)49)42-18-21-52-33-4-2-1-3-5-33/h1-7,9-11,13-17,22-24,32,42H,8,12,18-21,25-26H2,(H,43,47)/t32-/m0/s1. The Bertz CT molecular complexity index is 2240. The molecule has 4 aromatic carbocycles. The number of nitro groups is 1. The van der Waals surface area contributed by atoms with Crippen molar-refractivity contribution in [3.05, 3.63) is 141 Å². The summed E-state index contributed by atoms with van der Waals surface area (Å²) in [5.41, 5.74) is 5.41. The molecule has 1 fully saturated rings. The maximum atomic E-state index is 13.3. The molecule has 2 aliphatic heterocycles. The maximum absolute atomic E-state index is 13.3. The topological polar surface area (TPSA) is 138 Å². The smallest absolute Gasteiger partial charge is 0.293 e. The number of carbonyl (C=O) groups excluding carboxylic acids is 1. The van der Waals surface area contributed by atoms with Crippen LogP contribution >= 0.6 is 23.4 Å². The molecule has 1 saturated heterocycles. The molecule has 53 heavy (non-hydrogen) atoms. The summed E-state index contributed by atoms with van der Waals surface area (Å²) in [6.07, 6.45) is 5.36. The van der Waals surface area contributed by atoms with E-state index in [-0.39, 0.29) is 16.1 Å². The van der Waals surface area contributed by atoms with E-state index >= 15 is 0 Å². The van der Waals surface area contributed by atoms with Crippen LogP contribution in [0.5, 0.6) is 0 Å². The normalized spacial score (nSPS) is 15.6. The Labute approximate surface area is 317 Å². The van der Waals surface area contributed by atoms with Crippen LogP contribution in [0.4, 0.5) is 17.1 Å². The first kappa shape index (κ1) is 36.4. The number of thioether (sulfide) groups is 1. The number of pyridine rings is 1. The van der Waals surface area contributed by atoms with Crippen molar-refractivity contribution in [2.75, 3.05) is 42.1 Å². The van der Waals surface area contributed by atoms with Gasteiger partial charge in [-0.3, -0.25) is 24.8 Å². The van der Waals surface area contributed by atoms with Crippen LogP contribution in [0.3, 0.4) is 0 Å². The van der Waals surface area contributed by atoms with Crippen molar-refractivity contribution in [2.24, 2.45) is 0 Å². The van der Waals surface area contributed by atoms with E-state index < -0.39 is 26.5 Å². The first-order valence-electron chi connectivity index (χ1n) is 17.2. The number of aryl methyl sites for hydroxylation is 1. The number of nitrogens with zero attached hydrogens (tertiary/aromatic N) is 4. The second-order valence-corrected chi connectivity index (χ2v) is 16.3. The zero-order chi connectivity index (χ0) is 37.0. The first-order chi connectivity index (χ1) is 25.6. The lowest BCUT2D eigenvalue weighted by molar-refractivity contribution is -0.384. The van der Waals surface area contributed by atoms with Crippen molar-refractivity contribution in [1.82, 2.24) is 14.6 Å². The Morgan fingerprint density at radius 1 is 1.00 bits per heavy atom. The zero-order valence-corrected chi connectivity index (χ0v) is 31.0. The van der Waals surface area contributed by atoms with Gasteiger partial charge in [0.25, 0.3) is 21.6 Å². The van der Waals surface area contributed by atoms with Crippen LogP contribution < -0.4 is 14.9 Å². The minimum absolute atomic E-state index is 0.197. The number of benzene rings is 4. The average Bonchev–Trinajstić information content (AvgIpc) is 3.17. The molecular formula is C39H37ClN6O5S2. The van der Waals surface area contributed by atoms with Gasteiger partial charge in [0, 0.05) is 89.7 Å². The summed E-state index contributed by atoms with van der Waals surface area (Å²) in [4.78, 5) is 34.4. The number of aromatic nitrogens is 1. The van der Waals surface area contributed by atoms with Crippen molar-refractivity contribution in [3.8, 4) is 11.1 Å². The third-order valence-corrected chi connectivity index (χ3v) is 12.2. The van der Waals surface area contributed by atoms with E-state index in [1.165, 1.54) is 17.7 Å².